The van der Waals surface area contributed by atoms with Crippen LogP contribution < -0.4 is 5.73 Å². The summed E-state index contributed by atoms with van der Waals surface area (Å²) in [7, 11) is 0. The van der Waals surface area contributed by atoms with Gasteiger partial charge in [0.25, 0.3) is 0 Å². The van der Waals surface area contributed by atoms with Crippen molar-refractivity contribution < 1.29 is 0 Å². The number of piperazine rings is 1. The molecule has 3 aliphatic rings. The lowest BCUT2D eigenvalue weighted by Gasteiger charge is -2.41. The summed E-state index contributed by atoms with van der Waals surface area (Å²) in [6.07, 6.45) is 9.73. The molecule has 3 rings (SSSR count). The first kappa shape index (κ1) is 11.9. The van der Waals surface area contributed by atoms with Crippen molar-refractivity contribution in [2.24, 2.45) is 5.73 Å². The topological polar surface area (TPSA) is 32.5 Å². The van der Waals surface area contributed by atoms with Gasteiger partial charge in [-0.25, -0.2) is 0 Å². The molecule has 1 heterocycles. The fourth-order valence-electron chi connectivity index (χ4n) is 4.13. The molecule has 0 aromatic rings. The van der Waals surface area contributed by atoms with Gasteiger partial charge in [-0.2, -0.15) is 0 Å². The summed E-state index contributed by atoms with van der Waals surface area (Å²) in [5.41, 5.74) is 6.21. The molecule has 2 aliphatic carbocycles. The highest BCUT2D eigenvalue weighted by Gasteiger charge is 2.33. The molecule has 2 saturated carbocycles. The van der Waals surface area contributed by atoms with Gasteiger partial charge in [-0.1, -0.05) is 19.3 Å². The van der Waals surface area contributed by atoms with Crippen LogP contribution in [-0.4, -0.2) is 54.1 Å². The Morgan fingerprint density at radius 1 is 0.706 bits per heavy atom. The van der Waals surface area contributed by atoms with Crippen molar-refractivity contribution >= 4 is 0 Å². The van der Waals surface area contributed by atoms with Crippen molar-refractivity contribution in [3.8, 4) is 0 Å². The average molecular weight is 237 g/mol. The van der Waals surface area contributed by atoms with Gasteiger partial charge in [0, 0.05) is 44.3 Å². The van der Waals surface area contributed by atoms with E-state index in [0.717, 1.165) is 6.04 Å². The van der Waals surface area contributed by atoms with Gasteiger partial charge in [0.05, 0.1) is 0 Å². The van der Waals surface area contributed by atoms with Crippen molar-refractivity contribution in [2.75, 3.05) is 26.2 Å². The molecule has 0 aromatic carbocycles. The Balaban J connectivity index is 1.49. The first-order valence-corrected chi connectivity index (χ1v) is 7.58. The zero-order chi connectivity index (χ0) is 11.7. The summed E-state index contributed by atoms with van der Waals surface area (Å²) in [5, 5.41) is 0. The summed E-state index contributed by atoms with van der Waals surface area (Å²) in [6, 6.07) is 2.06. The fourth-order valence-corrected chi connectivity index (χ4v) is 4.13. The second-order valence-electron chi connectivity index (χ2n) is 6.17. The lowest BCUT2D eigenvalue weighted by Crippen LogP contribution is -2.55. The molecule has 3 nitrogen and oxygen atoms in total. The molecule has 2 N–H and O–H groups in total. The van der Waals surface area contributed by atoms with Gasteiger partial charge >= 0.3 is 0 Å². The lowest BCUT2D eigenvalue weighted by molar-refractivity contribution is 0.0676. The van der Waals surface area contributed by atoms with Gasteiger partial charge in [-0.3, -0.25) is 9.80 Å². The quantitative estimate of drug-likeness (QED) is 0.788. The SMILES string of the molecule is NC1CCCC1N1CCN(C2CCCC2)CC1. The van der Waals surface area contributed by atoms with Crippen molar-refractivity contribution in [3.63, 3.8) is 0 Å². The highest BCUT2D eigenvalue weighted by Crippen LogP contribution is 2.27. The van der Waals surface area contributed by atoms with E-state index in [2.05, 4.69) is 9.80 Å². The minimum Gasteiger partial charge on any atom is -0.326 e. The molecule has 2 unspecified atom stereocenters. The molecule has 0 aromatic heterocycles. The van der Waals surface area contributed by atoms with E-state index in [9.17, 15) is 0 Å². The summed E-state index contributed by atoms with van der Waals surface area (Å²) in [5.74, 6) is 0. The van der Waals surface area contributed by atoms with E-state index in [1.807, 2.05) is 0 Å². The molecule has 3 heteroatoms. The van der Waals surface area contributed by atoms with Crippen LogP contribution in [0.1, 0.15) is 44.9 Å². The Morgan fingerprint density at radius 2 is 1.35 bits per heavy atom. The van der Waals surface area contributed by atoms with Crippen LogP contribution in [0.3, 0.4) is 0 Å². The van der Waals surface area contributed by atoms with Crippen LogP contribution in [0.2, 0.25) is 0 Å². The highest BCUT2D eigenvalue weighted by atomic mass is 15.3. The van der Waals surface area contributed by atoms with Gasteiger partial charge < -0.3 is 5.73 Å². The van der Waals surface area contributed by atoms with Crippen molar-refractivity contribution in [1.82, 2.24) is 9.80 Å². The predicted octanol–water partition coefficient (Wildman–Crippen LogP) is 1.43. The summed E-state index contributed by atoms with van der Waals surface area (Å²) < 4.78 is 0. The van der Waals surface area contributed by atoms with Gasteiger partial charge in [0.15, 0.2) is 0 Å². The van der Waals surface area contributed by atoms with E-state index in [0.29, 0.717) is 12.1 Å². The maximum atomic E-state index is 6.21. The molecule has 0 radical (unpaired) electrons. The van der Waals surface area contributed by atoms with Gasteiger partial charge in [0.2, 0.25) is 0 Å². The van der Waals surface area contributed by atoms with Crippen molar-refractivity contribution in [3.05, 3.63) is 0 Å². The van der Waals surface area contributed by atoms with Crippen molar-refractivity contribution in [2.45, 2.75) is 63.1 Å². The molecule has 1 aliphatic heterocycles. The summed E-state index contributed by atoms with van der Waals surface area (Å²) >= 11 is 0. The molecule has 0 bridgehead atoms. The van der Waals surface area contributed by atoms with E-state index < -0.39 is 0 Å². The zero-order valence-electron chi connectivity index (χ0n) is 11.0. The number of nitrogens with two attached hydrogens (primary N) is 1. The number of hydrogen-bond acceptors (Lipinski definition) is 3. The predicted molar refractivity (Wildman–Crippen MR) is 71.0 cm³/mol. The third kappa shape index (κ3) is 2.51. The Bertz CT molecular complexity index is 242. The molecular weight excluding hydrogens is 210 g/mol. The van der Waals surface area contributed by atoms with E-state index >= 15 is 0 Å². The second kappa shape index (κ2) is 5.25. The van der Waals surface area contributed by atoms with Crippen LogP contribution in [0.4, 0.5) is 0 Å². The standard InChI is InChI=1S/C14H27N3/c15-13-6-3-7-14(13)17-10-8-16(9-11-17)12-4-1-2-5-12/h12-14H,1-11,15H2. The first-order valence-electron chi connectivity index (χ1n) is 7.58. The normalized spacial score (nSPS) is 37.9. The van der Waals surface area contributed by atoms with Crippen LogP contribution in [0, 0.1) is 0 Å². The average Bonchev–Trinajstić information content (AvgIpc) is 3.00. The number of nitrogens with zero attached hydrogens (tertiary/aromatic N) is 2. The summed E-state index contributed by atoms with van der Waals surface area (Å²) in [4.78, 5) is 5.41. The Labute approximate surface area is 105 Å². The largest absolute Gasteiger partial charge is 0.326 e. The summed E-state index contributed by atoms with van der Waals surface area (Å²) in [6.45, 7) is 5.09. The molecule has 0 spiro atoms. The van der Waals surface area contributed by atoms with E-state index in [1.54, 1.807) is 0 Å². The van der Waals surface area contributed by atoms with Crippen LogP contribution in [0.25, 0.3) is 0 Å². The smallest absolute Gasteiger partial charge is 0.0248 e. The van der Waals surface area contributed by atoms with E-state index in [4.69, 9.17) is 5.73 Å². The molecule has 0 amide bonds. The molecule has 17 heavy (non-hydrogen) atoms. The Hall–Kier alpha value is -0.120. The molecule has 2 atom stereocenters. The van der Waals surface area contributed by atoms with E-state index in [-0.39, 0.29) is 0 Å². The maximum absolute atomic E-state index is 6.21. The molecule has 98 valence electrons. The Morgan fingerprint density at radius 3 is 1.94 bits per heavy atom. The van der Waals surface area contributed by atoms with Crippen molar-refractivity contribution in [1.29, 1.82) is 0 Å². The molecule has 3 fully saturated rings. The minimum atomic E-state index is 0.452. The van der Waals surface area contributed by atoms with E-state index in [1.165, 1.54) is 71.1 Å². The van der Waals surface area contributed by atoms with Crippen LogP contribution in [-0.2, 0) is 0 Å². The van der Waals surface area contributed by atoms with Gasteiger partial charge in [0.1, 0.15) is 0 Å². The highest BCUT2D eigenvalue weighted by molar-refractivity contribution is 4.91. The Kier molecular flexibility index (Phi) is 3.69. The third-order valence-electron chi connectivity index (χ3n) is 5.19. The monoisotopic (exact) mass is 237 g/mol. The first-order chi connectivity index (χ1) is 8.34. The number of rotatable bonds is 2. The number of hydrogen-bond donors (Lipinski definition) is 1. The zero-order valence-corrected chi connectivity index (χ0v) is 11.0. The van der Waals surface area contributed by atoms with Gasteiger partial charge in [-0.15, -0.1) is 0 Å². The molecular formula is C14H27N3. The second-order valence-corrected chi connectivity index (χ2v) is 6.17. The maximum Gasteiger partial charge on any atom is 0.0248 e. The van der Waals surface area contributed by atoms with Crippen LogP contribution >= 0.6 is 0 Å². The lowest BCUT2D eigenvalue weighted by atomic mass is 10.1. The van der Waals surface area contributed by atoms with Crippen LogP contribution in [0.15, 0.2) is 0 Å². The van der Waals surface area contributed by atoms with Gasteiger partial charge in [-0.05, 0) is 25.7 Å². The fraction of sp³-hybridized carbons (Fsp3) is 1.00. The third-order valence-corrected chi connectivity index (χ3v) is 5.19. The minimum absolute atomic E-state index is 0.452. The van der Waals surface area contributed by atoms with Crippen LogP contribution in [0.5, 0.6) is 0 Å². The molecule has 1 saturated heterocycles.